The molecule has 0 bridgehead atoms. The number of nitrogens with one attached hydrogen (secondary N) is 1. The molecule has 0 saturated carbocycles. The number of nitriles is 2. The summed E-state index contributed by atoms with van der Waals surface area (Å²) >= 11 is 2.03. The maximum Gasteiger partial charge on any atom is 0.347 e. The number of carbonyl (C=O) groups is 1. The fourth-order valence-corrected chi connectivity index (χ4v) is 4.19. The molecule has 3 aromatic rings. The van der Waals surface area contributed by atoms with Gasteiger partial charge in [-0.05, 0) is 18.4 Å². The van der Waals surface area contributed by atoms with Gasteiger partial charge in [0.1, 0.15) is 28.8 Å². The van der Waals surface area contributed by atoms with Crippen molar-refractivity contribution in [3.05, 3.63) is 67.8 Å². The summed E-state index contributed by atoms with van der Waals surface area (Å²) in [5, 5.41) is 19.3. The number of hydrogen-bond donors (Lipinski definition) is 1. The van der Waals surface area contributed by atoms with Crippen LogP contribution >= 0.6 is 23.5 Å². The molecule has 0 saturated heterocycles. The highest BCUT2D eigenvalue weighted by molar-refractivity contribution is 8.00. The predicted octanol–water partition coefficient (Wildman–Crippen LogP) is 2.92. The van der Waals surface area contributed by atoms with Crippen molar-refractivity contribution >= 4 is 40.3 Å². The third-order valence-corrected chi connectivity index (χ3v) is 5.67. The van der Waals surface area contributed by atoms with E-state index in [1.54, 1.807) is 36.6 Å². The molecule has 0 fully saturated rings. The molecule has 0 atom stereocenters. The number of Topliss-reactive ketones (excluding diaryl/α,β-unsaturated/α-hetero) is 1. The number of hydrogen-bond acceptors (Lipinski definition) is 8. The molecule has 1 N–H and O–H groups in total. The molecule has 9 heteroatoms. The summed E-state index contributed by atoms with van der Waals surface area (Å²) in [6, 6.07) is 12.0. The Hall–Kier alpha value is -3.27. The van der Waals surface area contributed by atoms with Crippen LogP contribution in [0, 0.1) is 22.7 Å². The van der Waals surface area contributed by atoms with E-state index < -0.39 is 17.0 Å². The third-order valence-electron chi connectivity index (χ3n) is 3.85. The minimum Gasteiger partial charge on any atom is -0.422 e. The number of benzene rings is 1. The molecule has 0 amide bonds. The number of para-hydroxylation sites is 1. The highest BCUT2D eigenvalue weighted by Gasteiger charge is 2.20. The van der Waals surface area contributed by atoms with Gasteiger partial charge in [0.05, 0.1) is 21.2 Å². The van der Waals surface area contributed by atoms with Crippen molar-refractivity contribution in [2.24, 2.45) is 0 Å². The number of ketones is 1. The van der Waals surface area contributed by atoms with Gasteiger partial charge in [0.2, 0.25) is 0 Å². The van der Waals surface area contributed by atoms with Gasteiger partial charge in [-0.15, -0.1) is 11.8 Å². The second-order valence-corrected chi connectivity index (χ2v) is 7.29. The molecule has 7 nitrogen and oxygen atoms in total. The fourth-order valence-electron chi connectivity index (χ4n) is 2.55. The van der Waals surface area contributed by atoms with Crippen molar-refractivity contribution < 1.29 is 9.21 Å². The molecule has 0 unspecified atom stereocenters. The lowest BCUT2D eigenvalue weighted by molar-refractivity contribution is 0.101. The van der Waals surface area contributed by atoms with Crippen LogP contribution < -0.4 is 11.2 Å². The van der Waals surface area contributed by atoms with Gasteiger partial charge in [0.15, 0.2) is 5.78 Å². The van der Waals surface area contributed by atoms with Gasteiger partial charge in [-0.2, -0.15) is 10.5 Å². The van der Waals surface area contributed by atoms with Crippen molar-refractivity contribution in [2.75, 3.05) is 12.0 Å². The molecular weight excluding hydrogens is 398 g/mol. The first-order valence-corrected chi connectivity index (χ1v) is 10.0. The van der Waals surface area contributed by atoms with Gasteiger partial charge in [-0.1, -0.05) is 30.0 Å². The quantitative estimate of drug-likeness (QED) is 0.387. The second-order valence-electron chi connectivity index (χ2n) is 5.49. The molecule has 0 aliphatic carbocycles. The van der Waals surface area contributed by atoms with Crippen LogP contribution in [0.4, 0.5) is 0 Å². The largest absolute Gasteiger partial charge is 0.422 e. The molecule has 0 aliphatic rings. The van der Waals surface area contributed by atoms with Crippen LogP contribution in [0.3, 0.4) is 0 Å². The van der Waals surface area contributed by atoms with Gasteiger partial charge in [0, 0.05) is 5.39 Å². The van der Waals surface area contributed by atoms with Crippen molar-refractivity contribution in [3.8, 4) is 12.1 Å². The first-order chi connectivity index (χ1) is 13.5. The Labute approximate surface area is 167 Å². The lowest BCUT2D eigenvalue weighted by atomic mass is 10.1. The molecule has 28 heavy (non-hydrogen) atoms. The number of thioether (sulfide) groups is 2. The Balaban J connectivity index is 1.94. The van der Waals surface area contributed by atoms with Crippen LogP contribution in [0.1, 0.15) is 21.5 Å². The Morgan fingerprint density at radius 2 is 1.89 bits per heavy atom. The maximum atomic E-state index is 12.5. The number of carbonyl (C=O) groups excluding carboxylic acids is 1. The van der Waals surface area contributed by atoms with E-state index in [2.05, 4.69) is 4.98 Å². The Morgan fingerprint density at radius 1 is 1.18 bits per heavy atom. The number of nitrogens with zero attached hydrogens (tertiary/aromatic N) is 2. The van der Waals surface area contributed by atoms with E-state index in [4.69, 9.17) is 9.68 Å². The lowest BCUT2D eigenvalue weighted by Crippen LogP contribution is -2.17. The highest BCUT2D eigenvalue weighted by Crippen LogP contribution is 2.29. The summed E-state index contributed by atoms with van der Waals surface area (Å²) in [4.78, 5) is 39.4. The van der Waals surface area contributed by atoms with E-state index >= 15 is 0 Å². The molecular formula is C19H11N3O4S2. The van der Waals surface area contributed by atoms with Gasteiger partial charge in [0.25, 0.3) is 5.56 Å². The standard InChI is InChI=1S/C19H11N3O4S2/c1-27-16-12(7-20)17(24)22-18(13(16)8-21)28-9-14(23)11-6-10-4-2-3-5-15(10)26-19(11)25/h2-6H,9H2,1H3,(H,22,24). The number of aromatic amines is 1. The highest BCUT2D eigenvalue weighted by atomic mass is 32.2. The molecule has 0 spiro atoms. The minimum absolute atomic E-state index is 0.106. The zero-order chi connectivity index (χ0) is 20.3. The summed E-state index contributed by atoms with van der Waals surface area (Å²) in [5.41, 5.74) is -1.13. The van der Waals surface area contributed by atoms with Gasteiger partial charge in [-0.25, -0.2) is 4.79 Å². The van der Waals surface area contributed by atoms with Gasteiger partial charge >= 0.3 is 5.63 Å². The van der Waals surface area contributed by atoms with Gasteiger partial charge in [-0.3, -0.25) is 9.59 Å². The Kier molecular flexibility index (Phi) is 5.69. The zero-order valence-corrected chi connectivity index (χ0v) is 16.1. The molecule has 3 rings (SSSR count). The number of fused-ring (bicyclic) bond motifs is 1. The predicted molar refractivity (Wildman–Crippen MR) is 106 cm³/mol. The monoisotopic (exact) mass is 409 g/mol. The summed E-state index contributed by atoms with van der Waals surface area (Å²) in [6.07, 6.45) is 1.65. The zero-order valence-electron chi connectivity index (χ0n) is 14.4. The second kappa shape index (κ2) is 8.17. The van der Waals surface area contributed by atoms with E-state index in [9.17, 15) is 19.6 Å². The number of H-pyrrole nitrogens is 1. The number of pyridine rings is 1. The minimum atomic E-state index is -0.747. The first kappa shape index (κ1) is 19.5. The van der Waals surface area contributed by atoms with Crippen LogP contribution in [-0.2, 0) is 0 Å². The Morgan fingerprint density at radius 3 is 2.57 bits per heavy atom. The van der Waals surface area contributed by atoms with Crippen LogP contribution in [-0.4, -0.2) is 22.8 Å². The Bertz CT molecular complexity index is 1300. The van der Waals surface area contributed by atoms with E-state index in [-0.39, 0.29) is 32.4 Å². The average molecular weight is 409 g/mol. The summed E-state index contributed by atoms with van der Waals surface area (Å²) in [5.74, 6) is -0.683. The molecule has 138 valence electrons. The fraction of sp³-hybridized carbons (Fsp3) is 0.105. The van der Waals surface area contributed by atoms with Crippen LogP contribution in [0.5, 0.6) is 0 Å². The van der Waals surface area contributed by atoms with Crippen LogP contribution in [0.2, 0.25) is 0 Å². The van der Waals surface area contributed by atoms with Crippen molar-refractivity contribution in [1.29, 1.82) is 10.5 Å². The number of aromatic nitrogens is 1. The van der Waals surface area contributed by atoms with Crippen molar-refractivity contribution in [2.45, 2.75) is 9.92 Å². The normalized spacial score (nSPS) is 10.4. The summed E-state index contributed by atoms with van der Waals surface area (Å²) in [6.45, 7) is 0. The molecule has 2 aromatic heterocycles. The van der Waals surface area contributed by atoms with Crippen LogP contribution in [0.25, 0.3) is 11.0 Å². The van der Waals surface area contributed by atoms with Crippen molar-refractivity contribution in [1.82, 2.24) is 4.98 Å². The van der Waals surface area contributed by atoms with E-state index in [1.807, 2.05) is 6.07 Å². The summed E-state index contributed by atoms with van der Waals surface area (Å²) in [7, 11) is 0. The molecule has 2 heterocycles. The molecule has 1 aromatic carbocycles. The SMILES string of the molecule is CSc1c(C#N)c(SCC(=O)c2cc3ccccc3oc2=O)[nH]c(=O)c1C#N. The topological polar surface area (TPSA) is 128 Å². The average Bonchev–Trinajstić information content (AvgIpc) is 2.70. The maximum absolute atomic E-state index is 12.5. The first-order valence-electron chi connectivity index (χ1n) is 7.83. The van der Waals surface area contributed by atoms with E-state index in [0.717, 1.165) is 23.5 Å². The number of rotatable bonds is 5. The smallest absolute Gasteiger partial charge is 0.347 e. The molecule has 0 radical (unpaired) electrons. The van der Waals surface area contributed by atoms with Gasteiger partial charge < -0.3 is 9.40 Å². The van der Waals surface area contributed by atoms with Crippen molar-refractivity contribution in [3.63, 3.8) is 0 Å². The summed E-state index contributed by atoms with van der Waals surface area (Å²) < 4.78 is 5.16. The lowest BCUT2D eigenvalue weighted by Gasteiger charge is -2.08. The van der Waals surface area contributed by atoms with Crippen LogP contribution in [0.15, 0.2) is 54.3 Å². The third kappa shape index (κ3) is 3.58. The van der Waals surface area contributed by atoms with E-state index in [1.165, 1.54) is 6.07 Å². The van der Waals surface area contributed by atoms with E-state index in [0.29, 0.717) is 11.0 Å². The molecule has 0 aliphatic heterocycles.